The van der Waals surface area contributed by atoms with E-state index in [1.165, 1.54) is 5.56 Å². The Morgan fingerprint density at radius 2 is 2.00 bits per heavy atom. The fourth-order valence-corrected chi connectivity index (χ4v) is 2.85. The number of carboxylic acids is 1. The first-order valence-corrected chi connectivity index (χ1v) is 7.76. The molecule has 2 rings (SSSR count). The number of hydrogen-bond donors (Lipinski definition) is 1. The highest BCUT2D eigenvalue weighted by molar-refractivity contribution is 5.66. The van der Waals surface area contributed by atoms with Gasteiger partial charge in [0, 0.05) is 19.6 Å². The van der Waals surface area contributed by atoms with Gasteiger partial charge in [-0.05, 0) is 24.3 Å². The highest BCUT2D eigenvalue weighted by Gasteiger charge is 2.21. The van der Waals surface area contributed by atoms with E-state index in [4.69, 9.17) is 9.84 Å². The van der Waals surface area contributed by atoms with Gasteiger partial charge in [0.05, 0.1) is 19.1 Å². The summed E-state index contributed by atoms with van der Waals surface area (Å²) in [7, 11) is 0. The topological polar surface area (TPSA) is 49.8 Å². The molecule has 0 amide bonds. The minimum absolute atomic E-state index is 0.102. The molecule has 1 aliphatic rings. The van der Waals surface area contributed by atoms with Crippen molar-refractivity contribution in [2.24, 2.45) is 0 Å². The molecular formula is C17H25NO3. The normalized spacial score (nSPS) is 18.5. The Bertz CT molecular complexity index is 427. The highest BCUT2D eigenvalue weighted by Crippen LogP contribution is 2.20. The van der Waals surface area contributed by atoms with Gasteiger partial charge in [-0.25, -0.2) is 0 Å². The van der Waals surface area contributed by atoms with E-state index in [1.54, 1.807) is 0 Å². The van der Waals surface area contributed by atoms with E-state index in [0.717, 1.165) is 32.5 Å². The summed E-state index contributed by atoms with van der Waals surface area (Å²) in [4.78, 5) is 12.9. The third-order valence-electron chi connectivity index (χ3n) is 4.10. The second kappa shape index (κ2) is 8.15. The van der Waals surface area contributed by atoms with Crippen molar-refractivity contribution in [1.82, 2.24) is 4.90 Å². The number of benzene rings is 1. The maximum atomic E-state index is 10.5. The van der Waals surface area contributed by atoms with E-state index in [-0.39, 0.29) is 12.5 Å². The van der Waals surface area contributed by atoms with Crippen molar-refractivity contribution < 1.29 is 14.6 Å². The van der Waals surface area contributed by atoms with Crippen LogP contribution in [0.1, 0.15) is 37.7 Å². The van der Waals surface area contributed by atoms with Crippen molar-refractivity contribution in [3.63, 3.8) is 0 Å². The second-order valence-corrected chi connectivity index (χ2v) is 5.83. The molecule has 0 bridgehead atoms. The van der Waals surface area contributed by atoms with Crippen molar-refractivity contribution >= 4 is 5.97 Å². The molecule has 1 aromatic carbocycles. The van der Waals surface area contributed by atoms with Gasteiger partial charge < -0.3 is 14.7 Å². The molecule has 116 valence electrons. The summed E-state index contributed by atoms with van der Waals surface area (Å²) in [6.45, 7) is 5.75. The number of piperidine rings is 1. The Hall–Kier alpha value is -1.39. The van der Waals surface area contributed by atoms with Gasteiger partial charge in [-0.3, -0.25) is 4.79 Å². The molecule has 1 aliphatic heterocycles. The molecule has 4 nitrogen and oxygen atoms in total. The van der Waals surface area contributed by atoms with Gasteiger partial charge in [0.1, 0.15) is 0 Å². The summed E-state index contributed by atoms with van der Waals surface area (Å²) >= 11 is 0. The zero-order chi connectivity index (χ0) is 15.1. The molecule has 0 spiro atoms. The number of aliphatic carboxylic acids is 1. The first kappa shape index (κ1) is 16.0. The number of likely N-dealkylation sites (tertiary alicyclic amines) is 1. The molecule has 0 aromatic heterocycles. The highest BCUT2D eigenvalue weighted by atomic mass is 16.5. The van der Waals surface area contributed by atoms with Crippen LogP contribution in [0.5, 0.6) is 0 Å². The average Bonchev–Trinajstić information content (AvgIpc) is 2.49. The lowest BCUT2D eigenvalue weighted by Gasteiger charge is -2.33. The fraction of sp³-hybridized carbons (Fsp3) is 0.588. The molecule has 21 heavy (non-hydrogen) atoms. The standard InChI is InChI=1S/C17H25NO3/c1-14(15-5-3-2-4-6-15)13-18-10-7-16(8-11-18)21-12-9-17(19)20/h2-6,14,16H,7-13H2,1H3,(H,19,20). The Morgan fingerprint density at radius 3 is 2.62 bits per heavy atom. The van der Waals surface area contributed by atoms with Gasteiger partial charge >= 0.3 is 5.97 Å². The maximum Gasteiger partial charge on any atom is 0.305 e. The summed E-state index contributed by atoms with van der Waals surface area (Å²) in [5.41, 5.74) is 1.39. The van der Waals surface area contributed by atoms with Crippen LogP contribution in [0, 0.1) is 0 Å². The van der Waals surface area contributed by atoms with E-state index in [2.05, 4.69) is 42.2 Å². The molecule has 1 heterocycles. The lowest BCUT2D eigenvalue weighted by Crippen LogP contribution is -2.39. The summed E-state index contributed by atoms with van der Waals surface area (Å²) in [6.07, 6.45) is 2.33. The van der Waals surface area contributed by atoms with Crippen LogP contribution in [0.4, 0.5) is 0 Å². The smallest absolute Gasteiger partial charge is 0.305 e. The minimum atomic E-state index is -0.788. The summed E-state index contributed by atoms with van der Waals surface area (Å²) in [6, 6.07) is 10.6. The van der Waals surface area contributed by atoms with Crippen LogP contribution in [-0.2, 0) is 9.53 Å². The van der Waals surface area contributed by atoms with Gasteiger partial charge in [-0.2, -0.15) is 0 Å². The van der Waals surface area contributed by atoms with Crippen LogP contribution < -0.4 is 0 Å². The van der Waals surface area contributed by atoms with Gasteiger partial charge in [0.25, 0.3) is 0 Å². The number of rotatable bonds is 7. The van der Waals surface area contributed by atoms with Gasteiger partial charge in [-0.15, -0.1) is 0 Å². The molecule has 0 aliphatic carbocycles. The van der Waals surface area contributed by atoms with Crippen molar-refractivity contribution in [3.05, 3.63) is 35.9 Å². The van der Waals surface area contributed by atoms with Crippen LogP contribution in [0.25, 0.3) is 0 Å². The molecule has 1 N–H and O–H groups in total. The van der Waals surface area contributed by atoms with Gasteiger partial charge in [0.15, 0.2) is 0 Å². The average molecular weight is 291 g/mol. The SMILES string of the molecule is CC(CN1CCC(OCCC(=O)O)CC1)c1ccccc1. The number of carbonyl (C=O) groups is 1. The largest absolute Gasteiger partial charge is 0.481 e. The molecule has 1 fully saturated rings. The number of ether oxygens (including phenoxy) is 1. The van der Waals surface area contributed by atoms with Gasteiger partial charge in [-0.1, -0.05) is 37.3 Å². The Morgan fingerprint density at radius 1 is 1.33 bits per heavy atom. The minimum Gasteiger partial charge on any atom is -0.481 e. The van der Waals surface area contributed by atoms with Crippen LogP contribution in [-0.4, -0.2) is 48.3 Å². The fourth-order valence-electron chi connectivity index (χ4n) is 2.85. The van der Waals surface area contributed by atoms with E-state index >= 15 is 0 Å². The quantitative estimate of drug-likeness (QED) is 0.839. The Kier molecular flexibility index (Phi) is 6.21. The van der Waals surface area contributed by atoms with E-state index in [0.29, 0.717) is 12.5 Å². The van der Waals surface area contributed by atoms with Crippen LogP contribution in [0.3, 0.4) is 0 Å². The lowest BCUT2D eigenvalue weighted by molar-refractivity contribution is -0.138. The lowest BCUT2D eigenvalue weighted by atomic mass is 9.99. The van der Waals surface area contributed by atoms with E-state index < -0.39 is 5.97 Å². The third-order valence-corrected chi connectivity index (χ3v) is 4.10. The number of carboxylic acid groups (broad SMARTS) is 1. The predicted molar refractivity (Wildman–Crippen MR) is 82.5 cm³/mol. The van der Waals surface area contributed by atoms with Gasteiger partial charge in [0.2, 0.25) is 0 Å². The van der Waals surface area contributed by atoms with Crippen molar-refractivity contribution in [2.75, 3.05) is 26.2 Å². The molecule has 0 radical (unpaired) electrons. The van der Waals surface area contributed by atoms with E-state index in [1.807, 2.05) is 0 Å². The molecule has 1 atom stereocenters. The molecular weight excluding hydrogens is 266 g/mol. The molecule has 1 unspecified atom stereocenters. The maximum absolute atomic E-state index is 10.5. The second-order valence-electron chi connectivity index (χ2n) is 5.83. The first-order chi connectivity index (χ1) is 10.1. The first-order valence-electron chi connectivity index (χ1n) is 7.76. The zero-order valence-corrected chi connectivity index (χ0v) is 12.7. The molecule has 0 saturated carbocycles. The van der Waals surface area contributed by atoms with E-state index in [9.17, 15) is 4.79 Å². The molecule has 1 aromatic rings. The van der Waals surface area contributed by atoms with Crippen molar-refractivity contribution in [3.8, 4) is 0 Å². The summed E-state index contributed by atoms with van der Waals surface area (Å²) in [5, 5.41) is 8.60. The van der Waals surface area contributed by atoms with Crippen LogP contribution >= 0.6 is 0 Å². The third kappa shape index (κ3) is 5.48. The van der Waals surface area contributed by atoms with Crippen molar-refractivity contribution in [2.45, 2.75) is 38.2 Å². The van der Waals surface area contributed by atoms with Crippen LogP contribution in [0.2, 0.25) is 0 Å². The number of nitrogens with zero attached hydrogens (tertiary/aromatic N) is 1. The number of hydrogen-bond acceptors (Lipinski definition) is 3. The Labute approximate surface area is 126 Å². The molecule has 4 heteroatoms. The monoisotopic (exact) mass is 291 g/mol. The summed E-state index contributed by atoms with van der Waals surface area (Å²) in [5.74, 6) is -0.250. The summed E-state index contributed by atoms with van der Waals surface area (Å²) < 4.78 is 5.62. The van der Waals surface area contributed by atoms with Crippen LogP contribution in [0.15, 0.2) is 30.3 Å². The molecule has 1 saturated heterocycles. The zero-order valence-electron chi connectivity index (χ0n) is 12.7. The Balaban J connectivity index is 1.68. The predicted octanol–water partition coefficient (Wildman–Crippen LogP) is 2.75. The van der Waals surface area contributed by atoms with Crippen molar-refractivity contribution in [1.29, 1.82) is 0 Å².